The lowest BCUT2D eigenvalue weighted by atomic mass is 10.1. The summed E-state index contributed by atoms with van der Waals surface area (Å²) < 4.78 is 30.2. The number of carbonyl (C=O) groups excluding carboxylic acids is 2. The summed E-state index contributed by atoms with van der Waals surface area (Å²) in [4.78, 5) is 27.2. The molecule has 1 aromatic carbocycles. The number of rotatable bonds is 5. The third kappa shape index (κ3) is 5.57. The zero-order valence-corrected chi connectivity index (χ0v) is 16.0. The summed E-state index contributed by atoms with van der Waals surface area (Å²) in [5.41, 5.74) is 1.59. The minimum absolute atomic E-state index is 0.258. The van der Waals surface area contributed by atoms with E-state index in [1.54, 1.807) is 21.9 Å². The fourth-order valence-electron chi connectivity index (χ4n) is 3.25. The Labute approximate surface area is 158 Å². The number of anilines is 1. The lowest BCUT2D eigenvalue weighted by molar-refractivity contribution is 0.157. The molecule has 2 aliphatic heterocycles. The van der Waals surface area contributed by atoms with Gasteiger partial charge in [0.15, 0.2) is 0 Å². The molecule has 1 atom stereocenters. The van der Waals surface area contributed by atoms with Gasteiger partial charge >= 0.3 is 12.1 Å². The van der Waals surface area contributed by atoms with Gasteiger partial charge in [-0.2, -0.15) is 0 Å². The predicted octanol–water partition coefficient (Wildman–Crippen LogP) is 1.18. The van der Waals surface area contributed by atoms with Gasteiger partial charge in [0.2, 0.25) is 10.0 Å². The summed E-state index contributed by atoms with van der Waals surface area (Å²) in [6.45, 7) is 2.39. The SMILES string of the molecule is CS(=O)(=O)N[C@H]1CCCN(C(=O)Nc2ccc(CN3CCOC3=O)cc2)C1. The van der Waals surface area contributed by atoms with Crippen molar-refractivity contribution in [3.05, 3.63) is 29.8 Å². The van der Waals surface area contributed by atoms with E-state index in [9.17, 15) is 18.0 Å². The molecule has 10 heteroatoms. The first-order valence-corrected chi connectivity index (χ1v) is 10.7. The Morgan fingerprint density at radius 1 is 1.26 bits per heavy atom. The molecule has 1 aromatic rings. The van der Waals surface area contributed by atoms with Crippen LogP contribution < -0.4 is 10.0 Å². The first-order chi connectivity index (χ1) is 12.8. The van der Waals surface area contributed by atoms with Gasteiger partial charge in [-0.3, -0.25) is 0 Å². The van der Waals surface area contributed by atoms with Gasteiger partial charge in [0.25, 0.3) is 0 Å². The van der Waals surface area contributed by atoms with Crippen LogP contribution >= 0.6 is 0 Å². The molecule has 3 amide bonds. The fraction of sp³-hybridized carbons (Fsp3) is 0.529. The molecule has 2 N–H and O–H groups in total. The molecule has 3 rings (SSSR count). The largest absolute Gasteiger partial charge is 0.448 e. The van der Waals surface area contributed by atoms with E-state index in [0.717, 1.165) is 18.2 Å². The number of carbonyl (C=O) groups is 2. The van der Waals surface area contributed by atoms with Gasteiger partial charge < -0.3 is 19.9 Å². The second kappa shape index (κ2) is 8.13. The van der Waals surface area contributed by atoms with Gasteiger partial charge in [-0.25, -0.2) is 22.7 Å². The van der Waals surface area contributed by atoms with Crippen molar-refractivity contribution in [2.45, 2.75) is 25.4 Å². The molecule has 0 bridgehead atoms. The maximum atomic E-state index is 12.5. The quantitative estimate of drug-likeness (QED) is 0.777. The van der Waals surface area contributed by atoms with E-state index < -0.39 is 10.0 Å². The molecule has 0 radical (unpaired) electrons. The van der Waals surface area contributed by atoms with E-state index in [0.29, 0.717) is 44.9 Å². The number of cyclic esters (lactones) is 1. The van der Waals surface area contributed by atoms with Crippen LogP contribution in [0, 0.1) is 0 Å². The molecule has 0 spiro atoms. The van der Waals surface area contributed by atoms with Crippen molar-refractivity contribution >= 4 is 27.8 Å². The number of ether oxygens (including phenoxy) is 1. The van der Waals surface area contributed by atoms with Gasteiger partial charge in [0.05, 0.1) is 12.8 Å². The van der Waals surface area contributed by atoms with Gasteiger partial charge in [-0.05, 0) is 30.5 Å². The number of hydrogen-bond donors (Lipinski definition) is 2. The van der Waals surface area contributed by atoms with E-state index in [2.05, 4.69) is 10.0 Å². The second-order valence-electron chi connectivity index (χ2n) is 6.84. The molecule has 0 aromatic heterocycles. The number of likely N-dealkylation sites (tertiary alicyclic amines) is 1. The minimum Gasteiger partial charge on any atom is -0.448 e. The lowest BCUT2D eigenvalue weighted by Crippen LogP contribution is -2.50. The van der Waals surface area contributed by atoms with Crippen LogP contribution in [0.25, 0.3) is 0 Å². The third-order valence-corrected chi connectivity index (χ3v) is 5.27. The monoisotopic (exact) mass is 396 g/mol. The van der Waals surface area contributed by atoms with E-state index in [4.69, 9.17) is 4.74 Å². The number of sulfonamides is 1. The second-order valence-corrected chi connectivity index (χ2v) is 8.62. The highest BCUT2D eigenvalue weighted by atomic mass is 32.2. The Morgan fingerprint density at radius 3 is 2.63 bits per heavy atom. The highest BCUT2D eigenvalue weighted by Crippen LogP contribution is 2.16. The third-order valence-electron chi connectivity index (χ3n) is 4.51. The predicted molar refractivity (Wildman–Crippen MR) is 99.8 cm³/mol. The van der Waals surface area contributed by atoms with Crippen molar-refractivity contribution in [3.63, 3.8) is 0 Å². The zero-order chi connectivity index (χ0) is 19.4. The first-order valence-electron chi connectivity index (χ1n) is 8.84. The first kappa shape index (κ1) is 19.4. The van der Waals surface area contributed by atoms with E-state index >= 15 is 0 Å². The number of amides is 3. The highest BCUT2D eigenvalue weighted by molar-refractivity contribution is 7.88. The van der Waals surface area contributed by atoms with Crippen molar-refractivity contribution < 1.29 is 22.7 Å². The number of nitrogens with one attached hydrogen (secondary N) is 2. The smallest absolute Gasteiger partial charge is 0.410 e. The molecule has 0 aliphatic carbocycles. The molecular formula is C17H24N4O5S. The van der Waals surface area contributed by atoms with Crippen molar-refractivity contribution in [1.29, 1.82) is 0 Å². The van der Waals surface area contributed by atoms with Crippen LogP contribution in [-0.4, -0.2) is 68.9 Å². The number of urea groups is 1. The highest BCUT2D eigenvalue weighted by Gasteiger charge is 2.26. The molecule has 0 unspecified atom stereocenters. The molecule has 2 saturated heterocycles. The average Bonchev–Trinajstić information content (AvgIpc) is 3.00. The van der Waals surface area contributed by atoms with Gasteiger partial charge in [0.1, 0.15) is 6.61 Å². The maximum Gasteiger partial charge on any atom is 0.410 e. The molecule has 2 aliphatic rings. The molecule has 27 heavy (non-hydrogen) atoms. The average molecular weight is 396 g/mol. The van der Waals surface area contributed by atoms with E-state index in [1.165, 1.54) is 0 Å². The van der Waals surface area contributed by atoms with Crippen LogP contribution in [0.2, 0.25) is 0 Å². The molecular weight excluding hydrogens is 372 g/mol. The van der Waals surface area contributed by atoms with Gasteiger partial charge in [-0.15, -0.1) is 0 Å². The minimum atomic E-state index is -3.30. The van der Waals surface area contributed by atoms with Crippen LogP contribution in [0.1, 0.15) is 18.4 Å². The van der Waals surface area contributed by atoms with Crippen LogP contribution in [0.5, 0.6) is 0 Å². The molecule has 0 saturated carbocycles. The molecule has 148 valence electrons. The number of piperidine rings is 1. The number of benzene rings is 1. The summed E-state index contributed by atoms with van der Waals surface area (Å²) in [7, 11) is -3.30. The van der Waals surface area contributed by atoms with Crippen molar-refractivity contribution in [2.75, 3.05) is 37.8 Å². The zero-order valence-electron chi connectivity index (χ0n) is 15.2. The summed E-state index contributed by atoms with van der Waals surface area (Å²) in [6.07, 6.45) is 2.26. The van der Waals surface area contributed by atoms with Crippen LogP contribution in [0.3, 0.4) is 0 Å². The van der Waals surface area contributed by atoms with Crippen LogP contribution in [0.4, 0.5) is 15.3 Å². The molecule has 2 fully saturated rings. The van der Waals surface area contributed by atoms with Crippen molar-refractivity contribution in [2.24, 2.45) is 0 Å². The summed E-state index contributed by atoms with van der Waals surface area (Å²) in [6, 6.07) is 6.75. The Balaban J connectivity index is 1.53. The van der Waals surface area contributed by atoms with Crippen molar-refractivity contribution in [1.82, 2.24) is 14.5 Å². The number of nitrogens with zero attached hydrogens (tertiary/aromatic N) is 2. The summed E-state index contributed by atoms with van der Waals surface area (Å²) in [5, 5.41) is 2.83. The molecule has 2 heterocycles. The van der Waals surface area contributed by atoms with Crippen LogP contribution in [0.15, 0.2) is 24.3 Å². The van der Waals surface area contributed by atoms with Crippen LogP contribution in [-0.2, 0) is 21.3 Å². The maximum absolute atomic E-state index is 12.5. The van der Waals surface area contributed by atoms with Crippen molar-refractivity contribution in [3.8, 4) is 0 Å². The Hall–Kier alpha value is -2.33. The van der Waals surface area contributed by atoms with E-state index in [-0.39, 0.29) is 18.2 Å². The fourth-order valence-corrected chi connectivity index (χ4v) is 4.04. The Bertz CT molecular complexity index is 796. The summed E-state index contributed by atoms with van der Waals surface area (Å²) in [5.74, 6) is 0. The standard InChI is InChI=1S/C17H24N4O5S/c1-27(24,25)19-15-3-2-8-20(12-15)16(22)18-14-6-4-13(5-7-14)11-21-9-10-26-17(21)23/h4-7,15,19H,2-3,8-12H2,1H3,(H,18,22)/t15-/m0/s1. The van der Waals surface area contributed by atoms with Gasteiger partial charge in [0, 0.05) is 31.4 Å². The van der Waals surface area contributed by atoms with E-state index in [1.807, 2.05) is 12.1 Å². The summed E-state index contributed by atoms with van der Waals surface area (Å²) >= 11 is 0. The lowest BCUT2D eigenvalue weighted by Gasteiger charge is -2.32. The Morgan fingerprint density at radius 2 is 2.00 bits per heavy atom. The number of hydrogen-bond acceptors (Lipinski definition) is 5. The normalized spacial score (nSPS) is 20.5. The van der Waals surface area contributed by atoms with Gasteiger partial charge in [-0.1, -0.05) is 12.1 Å². The topological polar surface area (TPSA) is 108 Å². The Kier molecular flexibility index (Phi) is 5.85. The molecule has 9 nitrogen and oxygen atoms in total.